The highest BCUT2D eigenvalue weighted by Crippen LogP contribution is 2.37. The third-order valence-electron chi connectivity index (χ3n) is 11.6. The quantitative estimate of drug-likeness (QED) is 0.144. The van der Waals surface area contributed by atoms with Crippen LogP contribution in [0.5, 0.6) is 0 Å². The Labute approximate surface area is 359 Å². The molecular weight excluding hydrogens is 753 g/mol. The molecule has 2 aromatic heterocycles. The van der Waals surface area contributed by atoms with Gasteiger partial charge in [0.05, 0.1) is 5.69 Å². The van der Waals surface area contributed by atoms with Gasteiger partial charge in [-0.15, -0.1) is 0 Å². The summed E-state index contributed by atoms with van der Waals surface area (Å²) < 4.78 is 0. The molecule has 0 radical (unpaired) electrons. The summed E-state index contributed by atoms with van der Waals surface area (Å²) in [7, 11) is 0. The Kier molecular flexibility index (Phi) is 9.29. The molecule has 4 nitrogen and oxygen atoms in total. The Bertz CT molecular complexity index is 3450. The molecule has 62 heavy (non-hydrogen) atoms. The first-order chi connectivity index (χ1) is 30.6. The van der Waals surface area contributed by atoms with E-state index in [4.69, 9.17) is 19.9 Å². The van der Waals surface area contributed by atoms with E-state index in [0.717, 1.165) is 88.1 Å². The molecule has 0 bridgehead atoms. The fraction of sp³-hybridized carbons (Fsp3) is 0. The topological polar surface area (TPSA) is 51.6 Å². The van der Waals surface area contributed by atoms with Gasteiger partial charge in [-0.1, -0.05) is 170 Å². The first-order valence-electron chi connectivity index (χ1n) is 20.8. The van der Waals surface area contributed by atoms with Crippen LogP contribution in [0.2, 0.25) is 0 Å². The zero-order valence-electron chi connectivity index (χ0n) is 33.8. The van der Waals surface area contributed by atoms with Crippen LogP contribution in [0.25, 0.3) is 117 Å². The Hall–Kier alpha value is -8.34. The standard InChI is InChI=1S/C58H38N4/c1-2-3-12-47-31-45-18-8-9-19-46(45)37-54(47)42-25-21-40(22-26-42)50-34-51(55-53-20-11-10-15-41(53)29-30-59-55)36-52(35-50)58-61-56(48-27-23-38-13-4-6-16-43(38)32-48)60-57(62-58)49-28-24-39-14-5-7-17-44(39)33-49/h2-37H,1H2/b12-3-. The van der Waals surface area contributed by atoms with E-state index in [1.165, 1.54) is 10.8 Å². The van der Waals surface area contributed by atoms with Crippen molar-refractivity contribution >= 4 is 49.2 Å². The highest BCUT2D eigenvalue weighted by atomic mass is 15.0. The Balaban J connectivity index is 1.10. The smallest absolute Gasteiger partial charge is 0.164 e. The molecule has 0 spiro atoms. The van der Waals surface area contributed by atoms with E-state index in [-0.39, 0.29) is 0 Å². The van der Waals surface area contributed by atoms with Crippen molar-refractivity contribution in [3.8, 4) is 67.7 Å². The van der Waals surface area contributed by atoms with Crippen molar-refractivity contribution in [2.45, 2.75) is 0 Å². The third-order valence-corrected chi connectivity index (χ3v) is 11.6. The average molecular weight is 791 g/mol. The zero-order chi connectivity index (χ0) is 41.4. The van der Waals surface area contributed by atoms with Gasteiger partial charge in [0.25, 0.3) is 0 Å². The second-order valence-electron chi connectivity index (χ2n) is 15.6. The van der Waals surface area contributed by atoms with Crippen molar-refractivity contribution in [3.05, 3.63) is 225 Å². The molecular formula is C58H38N4. The number of benzene rings is 9. The van der Waals surface area contributed by atoms with Gasteiger partial charge < -0.3 is 0 Å². The minimum absolute atomic E-state index is 0.584. The molecule has 0 aliphatic rings. The van der Waals surface area contributed by atoms with Gasteiger partial charge in [0.2, 0.25) is 0 Å². The number of hydrogen-bond donors (Lipinski definition) is 0. The van der Waals surface area contributed by atoms with E-state index in [1.54, 1.807) is 0 Å². The lowest BCUT2D eigenvalue weighted by Gasteiger charge is -2.14. The molecule has 4 heteroatoms. The van der Waals surface area contributed by atoms with Gasteiger partial charge >= 0.3 is 0 Å². The number of allylic oxidation sites excluding steroid dienone is 2. The van der Waals surface area contributed by atoms with Crippen LogP contribution in [0.4, 0.5) is 0 Å². The third kappa shape index (κ3) is 7.00. The molecule has 0 unspecified atom stereocenters. The fourth-order valence-corrected chi connectivity index (χ4v) is 8.49. The lowest BCUT2D eigenvalue weighted by atomic mass is 9.92. The minimum atomic E-state index is 0.584. The summed E-state index contributed by atoms with van der Waals surface area (Å²) in [6, 6.07) is 68.5. The van der Waals surface area contributed by atoms with Gasteiger partial charge in [0, 0.05) is 33.8 Å². The number of pyridine rings is 1. The molecule has 0 saturated carbocycles. The van der Waals surface area contributed by atoms with Crippen LogP contribution in [-0.4, -0.2) is 19.9 Å². The van der Waals surface area contributed by atoms with Gasteiger partial charge in [-0.25, -0.2) is 15.0 Å². The lowest BCUT2D eigenvalue weighted by molar-refractivity contribution is 1.08. The molecule has 11 aromatic rings. The molecule has 0 aliphatic heterocycles. The van der Waals surface area contributed by atoms with Crippen LogP contribution in [0.1, 0.15) is 5.56 Å². The largest absolute Gasteiger partial charge is 0.256 e. The predicted molar refractivity (Wildman–Crippen MR) is 259 cm³/mol. The van der Waals surface area contributed by atoms with Crippen LogP contribution in [0, 0.1) is 0 Å². The number of hydrogen-bond acceptors (Lipinski definition) is 4. The number of rotatable bonds is 8. The Morgan fingerprint density at radius 3 is 1.47 bits per heavy atom. The van der Waals surface area contributed by atoms with E-state index < -0.39 is 0 Å². The Morgan fingerprint density at radius 1 is 0.355 bits per heavy atom. The summed E-state index contributed by atoms with van der Waals surface area (Å²) in [6.07, 6.45) is 7.83. The number of nitrogens with zero attached hydrogens (tertiary/aromatic N) is 4. The molecule has 0 aliphatic carbocycles. The summed E-state index contributed by atoms with van der Waals surface area (Å²) in [5.74, 6) is 1.81. The molecule has 0 fully saturated rings. The maximum absolute atomic E-state index is 5.26. The van der Waals surface area contributed by atoms with Crippen LogP contribution in [0.15, 0.2) is 219 Å². The zero-order valence-corrected chi connectivity index (χ0v) is 33.8. The van der Waals surface area contributed by atoms with Crippen LogP contribution >= 0.6 is 0 Å². The first-order valence-corrected chi connectivity index (χ1v) is 20.8. The molecule has 2 heterocycles. The highest BCUT2D eigenvalue weighted by Gasteiger charge is 2.17. The van der Waals surface area contributed by atoms with Crippen LogP contribution in [0.3, 0.4) is 0 Å². The van der Waals surface area contributed by atoms with Crippen molar-refractivity contribution in [3.63, 3.8) is 0 Å². The predicted octanol–water partition coefficient (Wildman–Crippen LogP) is 15.1. The minimum Gasteiger partial charge on any atom is -0.256 e. The molecule has 0 atom stereocenters. The molecule has 9 aromatic carbocycles. The fourth-order valence-electron chi connectivity index (χ4n) is 8.49. The summed E-state index contributed by atoms with van der Waals surface area (Å²) in [5.41, 5.74) is 10.1. The van der Waals surface area contributed by atoms with Crippen molar-refractivity contribution < 1.29 is 0 Å². The lowest BCUT2D eigenvalue weighted by Crippen LogP contribution is -2.01. The van der Waals surface area contributed by atoms with Crippen molar-refractivity contribution in [2.75, 3.05) is 0 Å². The summed E-state index contributed by atoms with van der Waals surface area (Å²) in [4.78, 5) is 20.6. The second kappa shape index (κ2) is 15.7. The molecule has 290 valence electrons. The maximum atomic E-state index is 5.26. The summed E-state index contributed by atoms with van der Waals surface area (Å²) in [6.45, 7) is 3.92. The molecule has 0 N–H and O–H groups in total. The SMILES string of the molecule is C=C/C=C\c1cc2ccccc2cc1-c1ccc(-c2cc(-c3nc(-c4ccc5ccccc5c4)nc(-c4ccc5ccccc5c4)n3)cc(-c3nccc4ccccc34)c2)cc1. The van der Waals surface area contributed by atoms with Crippen molar-refractivity contribution in [1.82, 2.24) is 19.9 Å². The van der Waals surface area contributed by atoms with Gasteiger partial charge in [0.15, 0.2) is 17.5 Å². The van der Waals surface area contributed by atoms with E-state index in [1.807, 2.05) is 18.3 Å². The van der Waals surface area contributed by atoms with E-state index in [9.17, 15) is 0 Å². The molecule has 0 saturated heterocycles. The average Bonchev–Trinajstić information content (AvgIpc) is 3.34. The van der Waals surface area contributed by atoms with Gasteiger partial charge in [-0.05, 0) is 114 Å². The molecule has 11 rings (SSSR count). The van der Waals surface area contributed by atoms with Gasteiger partial charge in [-0.2, -0.15) is 0 Å². The van der Waals surface area contributed by atoms with Gasteiger partial charge in [0.1, 0.15) is 0 Å². The monoisotopic (exact) mass is 790 g/mol. The van der Waals surface area contributed by atoms with E-state index in [2.05, 4.69) is 207 Å². The summed E-state index contributed by atoms with van der Waals surface area (Å²) in [5, 5.41) is 9.19. The van der Waals surface area contributed by atoms with Gasteiger partial charge in [-0.3, -0.25) is 4.98 Å². The maximum Gasteiger partial charge on any atom is 0.164 e. The number of fused-ring (bicyclic) bond motifs is 4. The normalized spacial score (nSPS) is 11.5. The van der Waals surface area contributed by atoms with E-state index >= 15 is 0 Å². The Morgan fingerprint density at radius 2 is 0.839 bits per heavy atom. The molecule has 0 amide bonds. The first kappa shape index (κ1) is 36.7. The number of aromatic nitrogens is 4. The second-order valence-corrected chi connectivity index (χ2v) is 15.6. The van der Waals surface area contributed by atoms with Crippen molar-refractivity contribution in [2.24, 2.45) is 0 Å². The van der Waals surface area contributed by atoms with Crippen LogP contribution < -0.4 is 0 Å². The van der Waals surface area contributed by atoms with Crippen LogP contribution in [-0.2, 0) is 0 Å². The highest BCUT2D eigenvalue weighted by molar-refractivity contribution is 5.97. The summed E-state index contributed by atoms with van der Waals surface area (Å²) >= 11 is 0. The van der Waals surface area contributed by atoms with Crippen molar-refractivity contribution in [1.29, 1.82) is 0 Å². The van der Waals surface area contributed by atoms with E-state index in [0.29, 0.717) is 17.5 Å².